The molecule has 1 atom stereocenters. The van der Waals surface area contributed by atoms with Gasteiger partial charge in [-0.1, -0.05) is 18.2 Å². The zero-order valence-corrected chi connectivity index (χ0v) is 24.7. The van der Waals surface area contributed by atoms with Crippen LogP contribution in [0.1, 0.15) is 12.0 Å². The van der Waals surface area contributed by atoms with Gasteiger partial charge in [-0.25, -0.2) is 4.21 Å². The van der Waals surface area contributed by atoms with Crippen molar-refractivity contribution in [2.24, 2.45) is 0 Å². The summed E-state index contributed by atoms with van der Waals surface area (Å²) in [6.07, 6.45) is -2.12. The highest BCUT2D eigenvalue weighted by molar-refractivity contribution is 7.86. The van der Waals surface area contributed by atoms with Crippen LogP contribution < -0.4 is 18.9 Å². The summed E-state index contributed by atoms with van der Waals surface area (Å²) in [4.78, 5) is 8.89. The Bertz CT molecular complexity index is 1580. The minimum absolute atomic E-state index is 0.330. The van der Waals surface area contributed by atoms with Gasteiger partial charge in [0.05, 0.1) is 35.4 Å². The minimum atomic E-state index is -4.63. The molecule has 1 unspecified atom stereocenters. The Hall–Kier alpha value is -3.87. The molecule has 228 valence electrons. The minimum Gasteiger partial charge on any atom is -0.493 e. The van der Waals surface area contributed by atoms with E-state index in [9.17, 15) is 17.4 Å². The molecular weight excluding hydrogens is 581 g/mol. The van der Waals surface area contributed by atoms with E-state index in [-0.39, 0.29) is 4.90 Å². The van der Waals surface area contributed by atoms with Gasteiger partial charge in [-0.15, -0.1) is 0 Å². The van der Waals surface area contributed by atoms with Gasteiger partial charge in [0.1, 0.15) is 11.5 Å². The molecule has 0 amide bonds. The maximum atomic E-state index is 13.4. The number of alkyl halides is 3. The van der Waals surface area contributed by atoms with Crippen molar-refractivity contribution in [3.05, 3.63) is 78.5 Å². The first kappa shape index (κ1) is 30.6. The Balaban J connectivity index is 1.28. The van der Waals surface area contributed by atoms with Crippen LogP contribution in [0.2, 0.25) is 0 Å². The predicted molar refractivity (Wildman–Crippen MR) is 160 cm³/mol. The molecule has 1 aromatic heterocycles. The Morgan fingerprint density at radius 2 is 1.74 bits per heavy atom. The third-order valence-corrected chi connectivity index (χ3v) is 8.30. The number of nitrogens with zero attached hydrogens (tertiary/aromatic N) is 3. The fraction of sp³-hybridized carbons (Fsp3) is 0.323. The number of hydrogen-bond donors (Lipinski definition) is 1. The van der Waals surface area contributed by atoms with E-state index in [1.807, 2.05) is 6.07 Å². The van der Waals surface area contributed by atoms with Crippen LogP contribution in [0.3, 0.4) is 0 Å². The average molecular weight is 615 g/mol. The maximum absolute atomic E-state index is 13.4. The van der Waals surface area contributed by atoms with Gasteiger partial charge in [-0.05, 0) is 49.9 Å². The molecule has 0 radical (unpaired) electrons. The van der Waals surface area contributed by atoms with Crippen LogP contribution in [0.15, 0.2) is 77.8 Å². The standard InChI is InChI=1S/C31H33F3N4O4S/c1-37-14-16-38(17-15-37)13-6-18-41-29-21-26-24(20-28(29)40-2)27(11-12-35-26)42-23-8-5-7-22(19-23)36-43(39)30-10-4-3-9-25(30)31(32,33)34/h3-5,7-12,19-21,36H,6,13-18H2,1-2H3. The van der Waals surface area contributed by atoms with E-state index in [4.69, 9.17) is 14.2 Å². The number of anilines is 1. The lowest BCUT2D eigenvalue weighted by Crippen LogP contribution is -2.44. The number of methoxy groups -OCH3 is 1. The van der Waals surface area contributed by atoms with Crippen LogP contribution >= 0.6 is 0 Å². The molecule has 4 aromatic rings. The Morgan fingerprint density at radius 3 is 2.51 bits per heavy atom. The largest absolute Gasteiger partial charge is 0.493 e. The smallest absolute Gasteiger partial charge is 0.417 e. The number of ether oxygens (including phenoxy) is 3. The highest BCUT2D eigenvalue weighted by Gasteiger charge is 2.34. The third-order valence-electron chi connectivity index (χ3n) is 7.12. The first-order valence-corrected chi connectivity index (χ1v) is 15.0. The summed E-state index contributed by atoms with van der Waals surface area (Å²) in [6.45, 7) is 5.78. The summed E-state index contributed by atoms with van der Waals surface area (Å²) in [5, 5.41) is 0.685. The van der Waals surface area contributed by atoms with Gasteiger partial charge in [0, 0.05) is 56.4 Å². The number of pyridine rings is 1. The van der Waals surface area contributed by atoms with E-state index in [2.05, 4.69) is 26.6 Å². The molecule has 0 aliphatic carbocycles. The summed E-state index contributed by atoms with van der Waals surface area (Å²) in [5.41, 5.74) is 0.0198. The van der Waals surface area contributed by atoms with Crippen LogP contribution in [-0.4, -0.2) is 72.5 Å². The molecule has 1 saturated heterocycles. The van der Waals surface area contributed by atoms with E-state index in [0.717, 1.165) is 45.2 Å². The SMILES string of the molecule is COc1cc2c(Oc3cccc(NS(=O)c4ccccc4C(F)(F)F)c3)ccnc2cc1OCCCN1CCN(C)CC1. The summed E-state index contributed by atoms with van der Waals surface area (Å²) >= 11 is 0. The van der Waals surface area contributed by atoms with E-state index in [1.165, 1.54) is 18.2 Å². The van der Waals surface area contributed by atoms with Gasteiger partial charge in [0.15, 0.2) is 22.5 Å². The van der Waals surface area contributed by atoms with Gasteiger partial charge in [0.25, 0.3) is 0 Å². The fourth-order valence-corrected chi connectivity index (χ4v) is 5.84. The summed E-state index contributed by atoms with van der Waals surface area (Å²) in [5.74, 6) is 2.01. The van der Waals surface area contributed by atoms with E-state index < -0.39 is 22.7 Å². The molecule has 1 aliphatic rings. The van der Waals surface area contributed by atoms with Crippen molar-refractivity contribution in [3.63, 3.8) is 0 Å². The normalized spacial score (nSPS) is 15.3. The third kappa shape index (κ3) is 7.75. The van der Waals surface area contributed by atoms with Crippen LogP contribution in [-0.2, 0) is 17.2 Å². The molecule has 3 aromatic carbocycles. The lowest BCUT2D eigenvalue weighted by atomic mass is 10.1. The molecule has 1 N–H and O–H groups in total. The number of halogens is 3. The highest BCUT2D eigenvalue weighted by atomic mass is 32.2. The molecule has 0 spiro atoms. The molecule has 43 heavy (non-hydrogen) atoms. The summed E-state index contributed by atoms with van der Waals surface area (Å²) in [6, 6.07) is 16.6. The lowest BCUT2D eigenvalue weighted by Gasteiger charge is -2.32. The monoisotopic (exact) mass is 614 g/mol. The molecule has 0 bridgehead atoms. The number of fused-ring (bicyclic) bond motifs is 1. The first-order chi connectivity index (χ1) is 20.7. The number of piperazine rings is 1. The van der Waals surface area contributed by atoms with Crippen molar-refractivity contribution in [3.8, 4) is 23.0 Å². The van der Waals surface area contributed by atoms with Crippen molar-refractivity contribution in [2.45, 2.75) is 17.5 Å². The Labute approximate surface area is 251 Å². The van der Waals surface area contributed by atoms with Crippen molar-refractivity contribution in [1.29, 1.82) is 0 Å². The fourth-order valence-electron chi connectivity index (χ4n) is 4.81. The van der Waals surface area contributed by atoms with Crippen LogP contribution in [0.4, 0.5) is 18.9 Å². The number of aromatic nitrogens is 1. The quantitative estimate of drug-likeness (QED) is 0.202. The van der Waals surface area contributed by atoms with Gasteiger partial charge >= 0.3 is 6.18 Å². The van der Waals surface area contributed by atoms with Crippen LogP contribution in [0.25, 0.3) is 10.9 Å². The van der Waals surface area contributed by atoms with E-state index >= 15 is 0 Å². The summed E-state index contributed by atoms with van der Waals surface area (Å²) < 4.78 is 73.5. The van der Waals surface area contributed by atoms with Gasteiger partial charge < -0.3 is 28.7 Å². The molecule has 1 fully saturated rings. The molecule has 5 rings (SSSR count). The van der Waals surface area contributed by atoms with Crippen molar-refractivity contribution < 1.29 is 31.6 Å². The lowest BCUT2D eigenvalue weighted by molar-refractivity contribution is -0.139. The van der Waals surface area contributed by atoms with Crippen molar-refractivity contribution in [1.82, 2.24) is 14.8 Å². The number of rotatable bonds is 11. The van der Waals surface area contributed by atoms with E-state index in [1.54, 1.807) is 49.7 Å². The Morgan fingerprint density at radius 1 is 0.953 bits per heavy atom. The Kier molecular flexibility index (Phi) is 9.69. The van der Waals surface area contributed by atoms with Crippen LogP contribution in [0.5, 0.6) is 23.0 Å². The number of likely N-dealkylation sites (N-methyl/N-ethyl adjacent to an activating group) is 1. The van der Waals surface area contributed by atoms with Gasteiger partial charge in [-0.2, -0.15) is 13.2 Å². The number of hydrogen-bond acceptors (Lipinski definition) is 7. The van der Waals surface area contributed by atoms with Gasteiger partial charge in [-0.3, -0.25) is 4.98 Å². The molecule has 0 saturated carbocycles. The summed E-state index contributed by atoms with van der Waals surface area (Å²) in [7, 11) is 1.56. The molecule has 8 nitrogen and oxygen atoms in total. The van der Waals surface area contributed by atoms with E-state index in [0.29, 0.717) is 46.2 Å². The molecule has 1 aliphatic heterocycles. The zero-order valence-electron chi connectivity index (χ0n) is 23.9. The van der Waals surface area contributed by atoms with Crippen molar-refractivity contribution in [2.75, 3.05) is 58.2 Å². The predicted octanol–water partition coefficient (Wildman–Crippen LogP) is 6.21. The number of benzene rings is 3. The second kappa shape index (κ2) is 13.6. The average Bonchev–Trinajstić information content (AvgIpc) is 2.99. The topological polar surface area (TPSA) is 76.2 Å². The molecule has 2 heterocycles. The van der Waals surface area contributed by atoms with Crippen molar-refractivity contribution >= 4 is 27.6 Å². The second-order valence-electron chi connectivity index (χ2n) is 10.2. The highest BCUT2D eigenvalue weighted by Crippen LogP contribution is 2.38. The molecular formula is C31H33F3N4O4S. The second-order valence-corrected chi connectivity index (χ2v) is 11.4. The van der Waals surface area contributed by atoms with Crippen LogP contribution in [0, 0.1) is 0 Å². The first-order valence-electron chi connectivity index (χ1n) is 13.8. The van der Waals surface area contributed by atoms with Gasteiger partial charge in [0.2, 0.25) is 0 Å². The molecule has 12 heteroatoms. The zero-order chi connectivity index (χ0) is 30.4. The number of nitrogens with one attached hydrogen (secondary N) is 1. The maximum Gasteiger partial charge on any atom is 0.417 e.